The lowest BCUT2D eigenvalue weighted by Crippen LogP contribution is -2.42. The molecule has 42 heavy (non-hydrogen) atoms. The maximum atomic E-state index is 16.0. The fourth-order valence-electron chi connectivity index (χ4n) is 5.75. The average molecular weight is 577 g/mol. The number of halogens is 2. The quantitative estimate of drug-likeness (QED) is 0.298. The van der Waals surface area contributed by atoms with E-state index < -0.39 is 34.2 Å². The number of hydrogen-bond donors (Lipinski definition) is 2. The number of fused-ring (bicyclic) bond motifs is 1. The number of pyridine rings is 1. The molecule has 2 aromatic heterocycles. The molecule has 220 valence electrons. The van der Waals surface area contributed by atoms with E-state index in [-0.39, 0.29) is 23.2 Å². The van der Waals surface area contributed by atoms with Gasteiger partial charge in [0.1, 0.15) is 28.4 Å². The lowest BCUT2D eigenvalue weighted by molar-refractivity contribution is -0.0605. The summed E-state index contributed by atoms with van der Waals surface area (Å²) in [6, 6.07) is 10.1. The molecule has 3 N–H and O–H groups in total. The highest BCUT2D eigenvalue weighted by Crippen LogP contribution is 2.53. The van der Waals surface area contributed by atoms with E-state index >= 15 is 4.39 Å². The number of ether oxygens (including phenoxy) is 2. The van der Waals surface area contributed by atoms with E-state index in [1.54, 1.807) is 12.1 Å². The van der Waals surface area contributed by atoms with Crippen molar-refractivity contribution in [2.24, 2.45) is 11.1 Å². The predicted molar refractivity (Wildman–Crippen MR) is 154 cm³/mol. The Balaban J connectivity index is 1.81. The molecule has 1 saturated heterocycles. The van der Waals surface area contributed by atoms with Crippen molar-refractivity contribution >= 4 is 16.8 Å². The number of benzene rings is 2. The summed E-state index contributed by atoms with van der Waals surface area (Å²) in [7, 11) is 1.48. The number of rotatable bonds is 7. The summed E-state index contributed by atoms with van der Waals surface area (Å²) < 4.78 is 41.9. The third-order valence-corrected chi connectivity index (χ3v) is 8.38. The van der Waals surface area contributed by atoms with Gasteiger partial charge in [-0.25, -0.2) is 13.8 Å². The molecule has 10 heteroatoms. The second-order valence-corrected chi connectivity index (χ2v) is 12.0. The molecule has 1 fully saturated rings. The van der Waals surface area contributed by atoms with Crippen molar-refractivity contribution in [1.29, 1.82) is 0 Å². The highest BCUT2D eigenvalue weighted by atomic mass is 19.1. The minimum Gasteiger partial charge on any atom is -0.494 e. The van der Waals surface area contributed by atoms with Crippen LogP contribution in [0, 0.1) is 24.0 Å². The first kappa shape index (κ1) is 29.5. The fourth-order valence-corrected chi connectivity index (χ4v) is 5.75. The van der Waals surface area contributed by atoms with Gasteiger partial charge in [0.05, 0.1) is 24.1 Å². The largest absolute Gasteiger partial charge is 0.494 e. The first-order chi connectivity index (χ1) is 19.7. The minimum absolute atomic E-state index is 0.0255. The van der Waals surface area contributed by atoms with Crippen molar-refractivity contribution in [3.05, 3.63) is 82.2 Å². The van der Waals surface area contributed by atoms with Crippen LogP contribution in [0.2, 0.25) is 0 Å². The van der Waals surface area contributed by atoms with E-state index in [2.05, 4.69) is 10.2 Å². The minimum atomic E-state index is -1.56. The lowest BCUT2D eigenvalue weighted by Gasteiger charge is -2.41. The molecule has 8 nitrogen and oxygen atoms in total. The Labute approximate surface area is 242 Å². The van der Waals surface area contributed by atoms with Gasteiger partial charge in [0.25, 0.3) is 0 Å². The normalized spacial score (nSPS) is 18.4. The van der Waals surface area contributed by atoms with E-state index in [9.17, 15) is 14.3 Å². The van der Waals surface area contributed by atoms with Gasteiger partial charge < -0.3 is 20.3 Å². The van der Waals surface area contributed by atoms with Gasteiger partial charge >= 0.3 is 0 Å². The van der Waals surface area contributed by atoms with Crippen LogP contribution in [0.15, 0.2) is 42.5 Å². The molecule has 1 aliphatic heterocycles. The Hall–Kier alpha value is -4.02. The number of carbonyl (C=O) groups excluding carboxylic acids is 1. The summed E-state index contributed by atoms with van der Waals surface area (Å²) in [4.78, 5) is 17.0. The second-order valence-electron chi connectivity index (χ2n) is 12.0. The molecule has 0 bridgehead atoms. The molecule has 3 heterocycles. The molecule has 0 spiro atoms. The SMILES string of the molecule is COc1cc(C(N)=O)cc2c(CC3(c4cc(C(C)(C)O)c(F)c(-c5ccc(F)cc5)n4)OCCC3(C)C)c(C)nnc12. The molecule has 2 aromatic carbocycles. The molecule has 0 aliphatic carbocycles. The van der Waals surface area contributed by atoms with Crippen LogP contribution < -0.4 is 10.5 Å². The molecule has 0 saturated carbocycles. The zero-order valence-electron chi connectivity index (χ0n) is 24.5. The summed E-state index contributed by atoms with van der Waals surface area (Å²) in [5, 5.41) is 20.4. The highest BCUT2D eigenvalue weighted by molar-refractivity contribution is 6.00. The standard InChI is InChI=1S/C32H34F2N4O4/c1-17-22(21-13-19(29(35)39)14-24(41-6)28(21)38-37-17)16-32(30(2,3)11-12-42-32)25-15-23(31(4,5)40)26(34)27(36-25)18-7-9-20(33)10-8-18/h7-10,13-15,40H,11-12,16H2,1-6H3,(H2,35,39). The third kappa shape index (κ3) is 4.88. The van der Waals surface area contributed by atoms with Crippen molar-refractivity contribution in [2.75, 3.05) is 13.7 Å². The number of aromatic nitrogens is 3. The summed E-state index contributed by atoms with van der Waals surface area (Å²) in [5.41, 5.74) is 5.23. The van der Waals surface area contributed by atoms with Gasteiger partial charge in [-0.15, -0.1) is 5.10 Å². The number of carbonyl (C=O) groups is 1. The number of aryl methyl sites for hydroxylation is 1. The topological polar surface area (TPSA) is 120 Å². The van der Waals surface area contributed by atoms with Crippen LogP contribution >= 0.6 is 0 Å². The molecule has 0 radical (unpaired) electrons. The number of aliphatic hydroxyl groups is 1. The zero-order chi connectivity index (χ0) is 30.6. The Morgan fingerprint density at radius 2 is 1.83 bits per heavy atom. The maximum Gasteiger partial charge on any atom is 0.248 e. The summed E-state index contributed by atoms with van der Waals surface area (Å²) in [6.07, 6.45) is 0.900. The molecule has 1 unspecified atom stereocenters. The van der Waals surface area contributed by atoms with Crippen molar-refractivity contribution in [2.45, 2.75) is 58.7 Å². The smallest absolute Gasteiger partial charge is 0.248 e. The van der Waals surface area contributed by atoms with Gasteiger partial charge in [-0.3, -0.25) is 4.79 Å². The monoisotopic (exact) mass is 576 g/mol. The summed E-state index contributed by atoms with van der Waals surface area (Å²) in [6.45, 7) is 9.31. The van der Waals surface area contributed by atoms with E-state index in [0.29, 0.717) is 46.6 Å². The van der Waals surface area contributed by atoms with Crippen LogP contribution in [0.3, 0.4) is 0 Å². The first-order valence-corrected chi connectivity index (χ1v) is 13.7. The van der Waals surface area contributed by atoms with E-state index in [0.717, 1.165) is 5.56 Å². The Morgan fingerprint density at radius 1 is 1.14 bits per heavy atom. The van der Waals surface area contributed by atoms with Gasteiger partial charge in [-0.1, -0.05) is 13.8 Å². The third-order valence-electron chi connectivity index (χ3n) is 8.38. The van der Waals surface area contributed by atoms with Gasteiger partial charge in [0, 0.05) is 40.5 Å². The number of primary amides is 1. The maximum absolute atomic E-state index is 16.0. The summed E-state index contributed by atoms with van der Waals surface area (Å²) >= 11 is 0. The van der Waals surface area contributed by atoms with Gasteiger partial charge in [-0.05, 0) is 75.2 Å². The second kappa shape index (κ2) is 10.4. The van der Waals surface area contributed by atoms with Crippen LogP contribution in [0.4, 0.5) is 8.78 Å². The Bertz CT molecular complexity index is 1700. The van der Waals surface area contributed by atoms with Crippen LogP contribution in [-0.2, 0) is 22.4 Å². The number of amides is 1. The lowest BCUT2D eigenvalue weighted by atomic mass is 9.68. The van der Waals surface area contributed by atoms with E-state index in [1.165, 1.54) is 51.3 Å². The average Bonchev–Trinajstić information content (AvgIpc) is 3.23. The van der Waals surface area contributed by atoms with Crippen molar-refractivity contribution in [1.82, 2.24) is 15.2 Å². The van der Waals surface area contributed by atoms with Gasteiger partial charge in [0.2, 0.25) is 5.91 Å². The number of hydrogen-bond acceptors (Lipinski definition) is 7. The molecule has 1 amide bonds. The Kier molecular flexibility index (Phi) is 7.27. The van der Waals surface area contributed by atoms with Crippen molar-refractivity contribution in [3.8, 4) is 17.0 Å². The van der Waals surface area contributed by atoms with Gasteiger partial charge in [-0.2, -0.15) is 5.10 Å². The first-order valence-electron chi connectivity index (χ1n) is 13.7. The predicted octanol–water partition coefficient (Wildman–Crippen LogP) is 5.50. The molecule has 4 aromatic rings. The van der Waals surface area contributed by atoms with E-state index in [4.69, 9.17) is 20.2 Å². The number of nitrogens with two attached hydrogens (primary N) is 1. The van der Waals surface area contributed by atoms with Crippen molar-refractivity contribution in [3.63, 3.8) is 0 Å². The van der Waals surface area contributed by atoms with Crippen molar-refractivity contribution < 1.29 is 28.2 Å². The van der Waals surface area contributed by atoms with Crippen LogP contribution in [-0.4, -0.2) is 39.9 Å². The van der Waals surface area contributed by atoms with Crippen LogP contribution in [0.25, 0.3) is 22.2 Å². The van der Waals surface area contributed by atoms with Crippen LogP contribution in [0.5, 0.6) is 5.75 Å². The highest BCUT2D eigenvalue weighted by Gasteiger charge is 2.54. The molecular formula is C32H34F2N4O4. The van der Waals surface area contributed by atoms with E-state index in [1.807, 2.05) is 20.8 Å². The molecule has 5 rings (SSSR count). The zero-order valence-corrected chi connectivity index (χ0v) is 24.5. The molecule has 1 aliphatic rings. The molecular weight excluding hydrogens is 542 g/mol. The van der Waals surface area contributed by atoms with Gasteiger partial charge in [0.15, 0.2) is 5.82 Å². The van der Waals surface area contributed by atoms with Crippen LogP contribution in [0.1, 0.15) is 67.0 Å². The Morgan fingerprint density at radius 3 is 2.40 bits per heavy atom. The fraction of sp³-hybridized carbons (Fsp3) is 0.375. The number of nitrogens with zero attached hydrogens (tertiary/aromatic N) is 3. The number of methoxy groups -OCH3 is 1. The summed E-state index contributed by atoms with van der Waals surface area (Å²) in [5.74, 6) is -1.44. The molecule has 1 atom stereocenters.